The molecule has 1 atom stereocenters. The number of para-hydroxylation sites is 1. The molecule has 0 aliphatic heterocycles. The average molecular weight is 358 g/mol. The van der Waals surface area contributed by atoms with E-state index >= 15 is 0 Å². The van der Waals surface area contributed by atoms with Crippen LogP contribution in [0.5, 0.6) is 0 Å². The summed E-state index contributed by atoms with van der Waals surface area (Å²) in [4.78, 5) is 11.6. The van der Waals surface area contributed by atoms with E-state index in [9.17, 15) is 0 Å². The summed E-state index contributed by atoms with van der Waals surface area (Å²) in [5, 5.41) is 5.00. The molecule has 4 heteroatoms. The highest BCUT2D eigenvalue weighted by Gasteiger charge is 2.23. The molecular weight excluding hydrogens is 332 g/mol. The van der Waals surface area contributed by atoms with E-state index in [-0.39, 0.29) is 11.6 Å². The average Bonchev–Trinajstić information content (AvgIpc) is 3.29. The zero-order valence-corrected chi connectivity index (χ0v) is 16.1. The maximum Gasteiger partial charge on any atom is 0.124 e. The number of nitrogens with zero attached hydrogens (tertiary/aromatic N) is 1. The second-order valence-electron chi connectivity index (χ2n) is 8.06. The number of fused-ring (bicyclic) bond motifs is 1. The van der Waals surface area contributed by atoms with Crippen molar-refractivity contribution in [2.24, 2.45) is 0 Å². The maximum atomic E-state index is 4.71. The van der Waals surface area contributed by atoms with Crippen LogP contribution >= 0.6 is 0 Å². The van der Waals surface area contributed by atoms with E-state index in [1.165, 1.54) is 16.5 Å². The van der Waals surface area contributed by atoms with Crippen LogP contribution in [-0.2, 0) is 6.42 Å². The number of imidazole rings is 1. The number of H-pyrrole nitrogens is 2. The second kappa shape index (κ2) is 7.05. The molecule has 2 aromatic heterocycles. The summed E-state index contributed by atoms with van der Waals surface area (Å²) < 4.78 is 0. The fraction of sp³-hybridized carbons (Fsp3) is 0.261. The Morgan fingerprint density at radius 2 is 1.74 bits per heavy atom. The molecule has 4 rings (SSSR count). The van der Waals surface area contributed by atoms with Crippen LogP contribution in [0.3, 0.4) is 0 Å². The van der Waals surface area contributed by atoms with Crippen molar-refractivity contribution in [1.29, 1.82) is 0 Å². The highest BCUT2D eigenvalue weighted by Crippen LogP contribution is 2.26. The topological polar surface area (TPSA) is 56.5 Å². The van der Waals surface area contributed by atoms with Crippen LogP contribution < -0.4 is 5.32 Å². The summed E-state index contributed by atoms with van der Waals surface area (Å²) in [5.41, 5.74) is 4.65. The van der Waals surface area contributed by atoms with Crippen molar-refractivity contribution in [2.45, 2.75) is 38.8 Å². The van der Waals surface area contributed by atoms with Gasteiger partial charge in [0, 0.05) is 22.6 Å². The molecule has 0 saturated heterocycles. The lowest BCUT2D eigenvalue weighted by Crippen LogP contribution is -2.40. The minimum Gasteiger partial charge on any atom is -0.361 e. The first-order chi connectivity index (χ1) is 13.0. The van der Waals surface area contributed by atoms with Crippen molar-refractivity contribution in [3.8, 4) is 11.3 Å². The van der Waals surface area contributed by atoms with Crippen LogP contribution in [0, 0.1) is 0 Å². The van der Waals surface area contributed by atoms with Crippen molar-refractivity contribution in [1.82, 2.24) is 20.3 Å². The molecule has 0 unspecified atom stereocenters. The van der Waals surface area contributed by atoms with Gasteiger partial charge < -0.3 is 15.3 Å². The Kier molecular flexibility index (Phi) is 4.58. The van der Waals surface area contributed by atoms with Gasteiger partial charge in [-0.2, -0.15) is 0 Å². The second-order valence-corrected chi connectivity index (χ2v) is 8.06. The van der Waals surface area contributed by atoms with Gasteiger partial charge in [0.15, 0.2) is 0 Å². The minimum atomic E-state index is -0.0174. The molecule has 0 saturated carbocycles. The molecule has 4 nitrogen and oxygen atoms in total. The van der Waals surface area contributed by atoms with Gasteiger partial charge in [-0.05, 0) is 44.4 Å². The Bertz CT molecular complexity index is 1020. The number of hydrogen-bond donors (Lipinski definition) is 3. The smallest absolute Gasteiger partial charge is 0.124 e. The van der Waals surface area contributed by atoms with Crippen LogP contribution in [-0.4, -0.2) is 20.5 Å². The van der Waals surface area contributed by atoms with E-state index in [4.69, 9.17) is 4.98 Å². The summed E-state index contributed by atoms with van der Waals surface area (Å²) >= 11 is 0. The van der Waals surface area contributed by atoms with Gasteiger partial charge in [-0.1, -0.05) is 48.5 Å². The summed E-state index contributed by atoms with van der Waals surface area (Å²) in [6, 6.07) is 18.9. The molecule has 0 aliphatic rings. The first-order valence-corrected chi connectivity index (χ1v) is 9.43. The molecule has 0 bridgehead atoms. The fourth-order valence-electron chi connectivity index (χ4n) is 3.54. The monoisotopic (exact) mass is 358 g/mol. The quantitative estimate of drug-likeness (QED) is 0.457. The number of aromatic amines is 2. The van der Waals surface area contributed by atoms with Crippen LogP contribution in [0.15, 0.2) is 67.0 Å². The van der Waals surface area contributed by atoms with Gasteiger partial charge in [-0.3, -0.25) is 0 Å². The molecule has 138 valence electrons. The first-order valence-electron chi connectivity index (χ1n) is 9.43. The van der Waals surface area contributed by atoms with Gasteiger partial charge in [0.2, 0.25) is 0 Å². The van der Waals surface area contributed by atoms with Crippen LogP contribution in [0.1, 0.15) is 38.2 Å². The third-order valence-electron chi connectivity index (χ3n) is 4.72. The molecule has 0 spiro atoms. The standard InChI is InChI=1S/C23H26N4/c1-23(2,3)27-20(13-17-14-24-19-12-8-7-11-18(17)19)22-25-15-21(26-22)16-9-5-4-6-10-16/h4-12,14-15,20,24,27H,13H2,1-3H3,(H,25,26)/t20-/m1/s1. The SMILES string of the molecule is CC(C)(C)N[C@H](Cc1c[nH]c2ccccc12)c1ncc(-c2ccccc2)[nH]1. The maximum absolute atomic E-state index is 4.71. The number of benzene rings is 2. The zero-order chi connectivity index (χ0) is 18.9. The van der Waals surface area contributed by atoms with Crippen molar-refractivity contribution < 1.29 is 0 Å². The van der Waals surface area contributed by atoms with Crippen molar-refractivity contribution in [3.63, 3.8) is 0 Å². The normalized spacial score (nSPS) is 13.1. The lowest BCUT2D eigenvalue weighted by molar-refractivity contribution is 0.353. The lowest BCUT2D eigenvalue weighted by Gasteiger charge is -2.27. The Hall–Kier alpha value is -2.85. The lowest BCUT2D eigenvalue weighted by atomic mass is 10.0. The van der Waals surface area contributed by atoms with Crippen molar-refractivity contribution in [2.75, 3.05) is 0 Å². The van der Waals surface area contributed by atoms with Gasteiger partial charge in [-0.25, -0.2) is 4.98 Å². The highest BCUT2D eigenvalue weighted by molar-refractivity contribution is 5.83. The predicted octanol–water partition coefficient (Wildman–Crippen LogP) is 5.23. The van der Waals surface area contributed by atoms with Crippen molar-refractivity contribution in [3.05, 3.63) is 78.4 Å². The van der Waals surface area contributed by atoms with Crippen molar-refractivity contribution >= 4 is 10.9 Å². The van der Waals surface area contributed by atoms with Gasteiger partial charge in [0.05, 0.1) is 17.9 Å². The van der Waals surface area contributed by atoms with Gasteiger partial charge in [-0.15, -0.1) is 0 Å². The summed E-state index contributed by atoms with van der Waals surface area (Å²) in [7, 11) is 0. The van der Waals surface area contributed by atoms with E-state index in [0.29, 0.717) is 0 Å². The summed E-state index contributed by atoms with van der Waals surface area (Å²) in [6.45, 7) is 6.57. The zero-order valence-electron chi connectivity index (χ0n) is 16.1. The van der Waals surface area contributed by atoms with E-state index in [2.05, 4.69) is 78.7 Å². The van der Waals surface area contributed by atoms with Gasteiger partial charge in [0.25, 0.3) is 0 Å². The Morgan fingerprint density at radius 3 is 2.52 bits per heavy atom. The fourth-order valence-corrected chi connectivity index (χ4v) is 3.54. The van der Waals surface area contributed by atoms with E-state index in [0.717, 1.165) is 23.5 Å². The van der Waals surface area contributed by atoms with Crippen LogP contribution in [0.25, 0.3) is 22.2 Å². The van der Waals surface area contributed by atoms with E-state index in [1.54, 1.807) is 0 Å². The molecule has 0 aliphatic carbocycles. The largest absolute Gasteiger partial charge is 0.361 e. The molecule has 3 N–H and O–H groups in total. The third kappa shape index (κ3) is 3.96. The molecule has 0 amide bonds. The van der Waals surface area contributed by atoms with Gasteiger partial charge in [0.1, 0.15) is 5.82 Å². The number of aromatic nitrogens is 3. The number of hydrogen-bond acceptors (Lipinski definition) is 2. The predicted molar refractivity (Wildman–Crippen MR) is 112 cm³/mol. The minimum absolute atomic E-state index is 0.0174. The molecule has 0 fully saturated rings. The van der Waals surface area contributed by atoms with Gasteiger partial charge >= 0.3 is 0 Å². The number of rotatable bonds is 5. The Labute approximate surface area is 160 Å². The molecule has 4 aromatic rings. The third-order valence-corrected chi connectivity index (χ3v) is 4.72. The van der Waals surface area contributed by atoms with Crippen LogP contribution in [0.2, 0.25) is 0 Å². The Balaban J connectivity index is 1.66. The first kappa shape index (κ1) is 17.6. The van der Waals surface area contributed by atoms with Crippen LogP contribution in [0.4, 0.5) is 0 Å². The molecule has 27 heavy (non-hydrogen) atoms. The Morgan fingerprint density at radius 1 is 1.00 bits per heavy atom. The summed E-state index contributed by atoms with van der Waals surface area (Å²) in [5.74, 6) is 0.967. The molecule has 2 aromatic carbocycles. The van der Waals surface area contributed by atoms with E-state index < -0.39 is 0 Å². The molecule has 0 radical (unpaired) electrons. The van der Waals surface area contributed by atoms with E-state index in [1.807, 2.05) is 24.4 Å². The summed E-state index contributed by atoms with van der Waals surface area (Å²) in [6.07, 6.45) is 4.91. The highest BCUT2D eigenvalue weighted by atomic mass is 15.1. The molecule has 2 heterocycles. The number of nitrogens with one attached hydrogen (secondary N) is 3. The molecular formula is C23H26N4.